The summed E-state index contributed by atoms with van der Waals surface area (Å²) in [5, 5.41) is 0. The van der Waals surface area contributed by atoms with Crippen molar-refractivity contribution in [1.82, 2.24) is 0 Å². The molecule has 0 aromatic heterocycles. The molecule has 0 saturated heterocycles. The molecule has 0 aliphatic rings. The second kappa shape index (κ2) is 13.5. The molecule has 0 saturated carbocycles. The van der Waals surface area contributed by atoms with Crippen molar-refractivity contribution in [2.45, 2.75) is 58.2 Å². The fourth-order valence-electron chi connectivity index (χ4n) is 4.17. The third-order valence-corrected chi connectivity index (χ3v) is 6.31. The lowest BCUT2D eigenvalue weighted by Gasteiger charge is -2.35. The summed E-state index contributed by atoms with van der Waals surface area (Å²) < 4.78 is 25.1. The zero-order valence-electron chi connectivity index (χ0n) is 22.8. The van der Waals surface area contributed by atoms with Crippen molar-refractivity contribution in [3.8, 4) is 34.5 Å². The molecule has 0 heterocycles. The number of unbranched alkanes of at least 4 members (excludes halogenated alkanes) is 2. The van der Waals surface area contributed by atoms with Gasteiger partial charge in [-0.15, -0.1) is 0 Å². The van der Waals surface area contributed by atoms with Gasteiger partial charge in [0.15, 0.2) is 0 Å². The number of hydrogen-bond acceptors (Lipinski definition) is 6. The summed E-state index contributed by atoms with van der Waals surface area (Å²) in [6.07, 6.45) is 5.61. The molecule has 0 radical (unpaired) electrons. The Morgan fingerprint density at radius 3 is 1.05 bits per heavy atom. The number of benzene rings is 4. The Morgan fingerprint density at radius 2 is 0.744 bits per heavy atom. The molecule has 6 nitrogen and oxygen atoms in total. The summed E-state index contributed by atoms with van der Waals surface area (Å²) >= 11 is 0. The van der Waals surface area contributed by atoms with Crippen molar-refractivity contribution in [2.24, 2.45) is 0 Å². The first-order chi connectivity index (χ1) is 19.0. The Morgan fingerprint density at radius 1 is 0.462 bits per heavy atom. The van der Waals surface area contributed by atoms with Crippen LogP contribution >= 0.6 is 0 Å². The zero-order valence-corrected chi connectivity index (χ0v) is 22.8. The van der Waals surface area contributed by atoms with Gasteiger partial charge >= 0.3 is 0 Å². The Kier molecular flexibility index (Phi) is 9.57. The molecule has 0 unspecified atom stereocenters. The number of nitrogen functional groups attached to an aromatic ring is 2. The molecular formula is C33H38N2O4. The van der Waals surface area contributed by atoms with Crippen molar-refractivity contribution < 1.29 is 18.9 Å². The third kappa shape index (κ3) is 8.34. The topological polar surface area (TPSA) is 89.0 Å². The van der Waals surface area contributed by atoms with Crippen LogP contribution in [-0.2, 0) is 0 Å². The van der Waals surface area contributed by atoms with Crippen LogP contribution in [0.3, 0.4) is 0 Å². The Bertz CT molecular complexity index is 1170. The van der Waals surface area contributed by atoms with Crippen molar-refractivity contribution in [2.75, 3.05) is 11.5 Å². The monoisotopic (exact) mass is 526 g/mol. The van der Waals surface area contributed by atoms with E-state index in [4.69, 9.17) is 30.4 Å². The van der Waals surface area contributed by atoms with Gasteiger partial charge in [-0.3, -0.25) is 0 Å². The molecule has 0 aliphatic carbocycles. The molecule has 4 rings (SSSR count). The van der Waals surface area contributed by atoms with E-state index in [1.807, 2.05) is 97.1 Å². The lowest BCUT2D eigenvalue weighted by molar-refractivity contribution is -0.127. The van der Waals surface area contributed by atoms with Crippen molar-refractivity contribution in [1.29, 1.82) is 0 Å². The summed E-state index contributed by atoms with van der Waals surface area (Å²) in [7, 11) is 0. The van der Waals surface area contributed by atoms with E-state index in [0.29, 0.717) is 11.4 Å². The molecule has 6 heteroatoms. The Labute approximate surface area is 231 Å². The maximum Gasteiger partial charge on any atom is 0.251 e. The minimum absolute atomic E-state index is 0.700. The van der Waals surface area contributed by atoms with Crippen LogP contribution in [0.1, 0.15) is 52.4 Å². The SMILES string of the molecule is CCCCC(CCCC)(Oc1ccc(Oc2ccc(N)cc2)cc1)Oc1ccc(Oc2ccc(N)cc2)cc1. The maximum atomic E-state index is 6.63. The van der Waals surface area contributed by atoms with Crippen LogP contribution in [0.4, 0.5) is 11.4 Å². The highest BCUT2D eigenvalue weighted by Gasteiger charge is 2.34. The lowest BCUT2D eigenvalue weighted by atomic mass is 10.0. The number of hydrogen-bond donors (Lipinski definition) is 2. The van der Waals surface area contributed by atoms with E-state index in [0.717, 1.165) is 73.0 Å². The molecule has 4 N–H and O–H groups in total. The summed E-state index contributed by atoms with van der Waals surface area (Å²) in [6, 6.07) is 30.0. The lowest BCUT2D eigenvalue weighted by Crippen LogP contribution is -2.42. The Hall–Kier alpha value is -4.32. The van der Waals surface area contributed by atoms with Gasteiger partial charge in [0.2, 0.25) is 0 Å². The molecule has 0 amide bonds. The summed E-state index contributed by atoms with van der Waals surface area (Å²) in [6.45, 7) is 4.36. The van der Waals surface area contributed by atoms with Gasteiger partial charge in [-0.05, 0) is 110 Å². The average molecular weight is 527 g/mol. The average Bonchev–Trinajstić information content (AvgIpc) is 2.95. The van der Waals surface area contributed by atoms with Gasteiger partial charge in [-0.25, -0.2) is 0 Å². The first-order valence-electron chi connectivity index (χ1n) is 13.6. The van der Waals surface area contributed by atoms with E-state index in [9.17, 15) is 0 Å². The van der Waals surface area contributed by atoms with Gasteiger partial charge in [0, 0.05) is 24.2 Å². The van der Waals surface area contributed by atoms with Gasteiger partial charge in [-0.2, -0.15) is 0 Å². The minimum Gasteiger partial charge on any atom is -0.457 e. The van der Waals surface area contributed by atoms with Crippen LogP contribution in [-0.4, -0.2) is 5.79 Å². The van der Waals surface area contributed by atoms with Gasteiger partial charge < -0.3 is 30.4 Å². The predicted molar refractivity (Wildman–Crippen MR) is 158 cm³/mol. The maximum absolute atomic E-state index is 6.63. The highest BCUT2D eigenvalue weighted by atomic mass is 16.7. The first kappa shape index (κ1) is 27.7. The normalized spacial score (nSPS) is 11.1. The van der Waals surface area contributed by atoms with E-state index in [-0.39, 0.29) is 0 Å². The van der Waals surface area contributed by atoms with Crippen LogP contribution in [0.2, 0.25) is 0 Å². The number of ether oxygens (including phenoxy) is 4. The van der Waals surface area contributed by atoms with Crippen LogP contribution in [0, 0.1) is 0 Å². The summed E-state index contributed by atoms with van der Waals surface area (Å²) in [5.74, 6) is 3.57. The Balaban J connectivity index is 1.49. The number of anilines is 2. The molecule has 0 aliphatic heterocycles. The van der Waals surface area contributed by atoms with E-state index in [2.05, 4.69) is 13.8 Å². The molecule has 0 spiro atoms. The van der Waals surface area contributed by atoms with Gasteiger partial charge in [0.1, 0.15) is 34.5 Å². The van der Waals surface area contributed by atoms with Crippen LogP contribution < -0.4 is 30.4 Å². The van der Waals surface area contributed by atoms with E-state index < -0.39 is 5.79 Å². The van der Waals surface area contributed by atoms with Crippen molar-refractivity contribution >= 4 is 11.4 Å². The van der Waals surface area contributed by atoms with Crippen LogP contribution in [0.25, 0.3) is 0 Å². The van der Waals surface area contributed by atoms with Crippen LogP contribution in [0.15, 0.2) is 97.1 Å². The van der Waals surface area contributed by atoms with Crippen LogP contribution in [0.5, 0.6) is 34.5 Å². The molecule has 0 fully saturated rings. The van der Waals surface area contributed by atoms with Gasteiger partial charge in [-0.1, -0.05) is 26.7 Å². The molecule has 204 valence electrons. The summed E-state index contributed by atoms with van der Waals surface area (Å²) in [5.41, 5.74) is 12.9. The predicted octanol–water partition coefficient (Wildman–Crippen LogP) is 8.97. The molecule has 0 atom stereocenters. The standard InChI is InChI=1S/C33H38N2O4/c1-3-5-23-33(24-6-4-2,38-31-19-15-29(16-20-31)36-27-11-7-25(34)8-12-27)39-32-21-17-30(18-22-32)37-28-13-9-26(35)10-14-28/h7-22H,3-6,23-24,34-35H2,1-2H3. The molecule has 4 aromatic rings. The fourth-order valence-corrected chi connectivity index (χ4v) is 4.17. The van der Waals surface area contributed by atoms with Crippen molar-refractivity contribution in [3.05, 3.63) is 97.1 Å². The molecule has 4 aromatic carbocycles. The number of rotatable bonds is 14. The minimum atomic E-state index is -0.787. The second-order valence-electron chi connectivity index (χ2n) is 9.61. The molecule has 0 bridgehead atoms. The third-order valence-electron chi connectivity index (χ3n) is 6.31. The molecule has 39 heavy (non-hydrogen) atoms. The van der Waals surface area contributed by atoms with Crippen molar-refractivity contribution in [3.63, 3.8) is 0 Å². The van der Waals surface area contributed by atoms with Gasteiger partial charge in [0.25, 0.3) is 5.79 Å². The van der Waals surface area contributed by atoms with Gasteiger partial charge in [0.05, 0.1) is 0 Å². The first-order valence-corrected chi connectivity index (χ1v) is 13.6. The highest BCUT2D eigenvalue weighted by Crippen LogP contribution is 2.34. The largest absolute Gasteiger partial charge is 0.457 e. The van der Waals surface area contributed by atoms with E-state index in [1.54, 1.807) is 0 Å². The number of nitrogens with two attached hydrogens (primary N) is 2. The van der Waals surface area contributed by atoms with E-state index in [1.165, 1.54) is 0 Å². The summed E-state index contributed by atoms with van der Waals surface area (Å²) in [4.78, 5) is 0. The second-order valence-corrected chi connectivity index (χ2v) is 9.61. The smallest absolute Gasteiger partial charge is 0.251 e. The quantitative estimate of drug-likeness (QED) is 0.126. The zero-order chi connectivity index (χ0) is 27.5. The highest BCUT2D eigenvalue weighted by molar-refractivity contribution is 5.44. The fraction of sp³-hybridized carbons (Fsp3) is 0.273. The van der Waals surface area contributed by atoms with E-state index >= 15 is 0 Å². The molecular weight excluding hydrogens is 488 g/mol.